The molecule has 1 heterocycles. The molecule has 150 valence electrons. The number of carbonyl (C=O) groups excluding carboxylic acids is 1. The predicted octanol–water partition coefficient (Wildman–Crippen LogP) is 3.22. The lowest BCUT2D eigenvalue weighted by atomic mass is 10.1. The maximum atomic E-state index is 12.8. The molecule has 0 spiro atoms. The van der Waals surface area contributed by atoms with E-state index < -0.39 is 16.0 Å². The Morgan fingerprint density at radius 2 is 1.69 bits per heavy atom. The van der Waals surface area contributed by atoms with E-state index in [1.807, 2.05) is 42.5 Å². The van der Waals surface area contributed by atoms with Crippen molar-refractivity contribution >= 4 is 26.8 Å². The van der Waals surface area contributed by atoms with Gasteiger partial charge >= 0.3 is 5.97 Å². The number of carbonyl (C=O) groups is 1. The van der Waals surface area contributed by atoms with E-state index in [0.29, 0.717) is 26.3 Å². The van der Waals surface area contributed by atoms with E-state index in [1.54, 1.807) is 12.1 Å². The second kappa shape index (κ2) is 8.32. The summed E-state index contributed by atoms with van der Waals surface area (Å²) in [6.45, 7) is 1.45. The summed E-state index contributed by atoms with van der Waals surface area (Å²) in [5.41, 5.74) is 1.10. The van der Waals surface area contributed by atoms with Crippen molar-refractivity contribution in [3.8, 4) is 0 Å². The first-order valence-electron chi connectivity index (χ1n) is 9.37. The molecule has 0 bridgehead atoms. The number of hydrogen-bond donors (Lipinski definition) is 0. The third kappa shape index (κ3) is 4.17. The predicted molar refractivity (Wildman–Crippen MR) is 109 cm³/mol. The lowest BCUT2D eigenvalue weighted by Crippen LogP contribution is -2.40. The number of benzene rings is 3. The van der Waals surface area contributed by atoms with Crippen molar-refractivity contribution < 1.29 is 22.7 Å². The minimum absolute atomic E-state index is 0.0824. The molecule has 1 saturated heterocycles. The average Bonchev–Trinajstić information content (AvgIpc) is 2.78. The fourth-order valence-corrected chi connectivity index (χ4v) is 4.82. The maximum absolute atomic E-state index is 12.8. The molecule has 6 nitrogen and oxygen atoms in total. The Kier molecular flexibility index (Phi) is 5.62. The zero-order chi connectivity index (χ0) is 20.3. The Labute approximate surface area is 169 Å². The van der Waals surface area contributed by atoms with Crippen molar-refractivity contribution in [2.45, 2.75) is 11.5 Å². The van der Waals surface area contributed by atoms with E-state index >= 15 is 0 Å². The number of morpholine rings is 1. The summed E-state index contributed by atoms with van der Waals surface area (Å²) in [4.78, 5) is 12.6. The molecule has 0 radical (unpaired) electrons. The second-order valence-corrected chi connectivity index (χ2v) is 8.70. The lowest BCUT2D eigenvalue weighted by Gasteiger charge is -2.26. The maximum Gasteiger partial charge on any atom is 0.338 e. The van der Waals surface area contributed by atoms with Gasteiger partial charge in [-0.25, -0.2) is 13.2 Å². The third-order valence-corrected chi connectivity index (χ3v) is 6.81. The van der Waals surface area contributed by atoms with E-state index in [1.165, 1.54) is 16.4 Å². The average molecular weight is 411 g/mol. The molecule has 0 saturated carbocycles. The normalized spacial score (nSPS) is 15.3. The summed E-state index contributed by atoms with van der Waals surface area (Å²) >= 11 is 0. The molecule has 0 atom stereocenters. The zero-order valence-electron chi connectivity index (χ0n) is 15.8. The Hall–Kier alpha value is -2.74. The first-order chi connectivity index (χ1) is 14.1. The van der Waals surface area contributed by atoms with Gasteiger partial charge in [0.2, 0.25) is 10.0 Å². The van der Waals surface area contributed by atoms with Crippen molar-refractivity contribution in [2.75, 3.05) is 26.3 Å². The van der Waals surface area contributed by atoms with Crippen LogP contribution in [0.3, 0.4) is 0 Å². The summed E-state index contributed by atoms with van der Waals surface area (Å²) in [7, 11) is -3.67. The number of fused-ring (bicyclic) bond motifs is 1. The molecule has 1 aliphatic heterocycles. The minimum atomic E-state index is -3.67. The van der Waals surface area contributed by atoms with E-state index in [4.69, 9.17) is 9.47 Å². The van der Waals surface area contributed by atoms with Crippen LogP contribution < -0.4 is 0 Å². The van der Waals surface area contributed by atoms with Gasteiger partial charge in [-0.15, -0.1) is 0 Å². The van der Waals surface area contributed by atoms with Crippen molar-refractivity contribution in [3.05, 3.63) is 77.9 Å². The van der Waals surface area contributed by atoms with Crippen LogP contribution in [0.4, 0.5) is 0 Å². The summed E-state index contributed by atoms with van der Waals surface area (Å²) in [6.07, 6.45) is 0. The van der Waals surface area contributed by atoms with Crippen LogP contribution in [-0.4, -0.2) is 45.0 Å². The quantitative estimate of drug-likeness (QED) is 0.603. The van der Waals surface area contributed by atoms with Gasteiger partial charge in [0.05, 0.1) is 23.7 Å². The summed E-state index contributed by atoms with van der Waals surface area (Å²) in [6, 6.07) is 19.7. The van der Waals surface area contributed by atoms with Gasteiger partial charge in [0.25, 0.3) is 0 Å². The highest BCUT2D eigenvalue weighted by atomic mass is 32.2. The highest BCUT2D eigenvalue weighted by Crippen LogP contribution is 2.21. The van der Waals surface area contributed by atoms with Crippen LogP contribution in [0.25, 0.3) is 10.8 Å². The van der Waals surface area contributed by atoms with Gasteiger partial charge in [0.1, 0.15) is 6.61 Å². The number of rotatable bonds is 5. The topological polar surface area (TPSA) is 72.9 Å². The van der Waals surface area contributed by atoms with E-state index in [-0.39, 0.29) is 17.1 Å². The Morgan fingerprint density at radius 3 is 2.52 bits per heavy atom. The summed E-state index contributed by atoms with van der Waals surface area (Å²) in [5, 5.41) is 2.09. The van der Waals surface area contributed by atoms with Crippen LogP contribution in [0.15, 0.2) is 71.6 Å². The molecule has 7 heteroatoms. The van der Waals surface area contributed by atoms with Gasteiger partial charge in [-0.05, 0) is 34.5 Å². The molecular formula is C22H21NO5S. The fraction of sp³-hybridized carbons (Fsp3) is 0.227. The Bertz CT molecular complexity index is 1130. The molecule has 4 rings (SSSR count). The van der Waals surface area contributed by atoms with Gasteiger partial charge < -0.3 is 9.47 Å². The first kappa shape index (κ1) is 19.6. The highest BCUT2D eigenvalue weighted by molar-refractivity contribution is 7.89. The number of sulfonamides is 1. The smallest absolute Gasteiger partial charge is 0.338 e. The van der Waals surface area contributed by atoms with Crippen LogP contribution in [0, 0.1) is 0 Å². The van der Waals surface area contributed by atoms with E-state index in [2.05, 4.69) is 0 Å². The molecule has 1 aliphatic rings. The SMILES string of the molecule is O=C(OCc1cccc2ccccc12)c1cccc(S(=O)(=O)N2CCOCC2)c1. The molecule has 0 N–H and O–H groups in total. The summed E-state index contributed by atoms with van der Waals surface area (Å²) < 4.78 is 37.7. The molecule has 0 amide bonds. The summed E-state index contributed by atoms with van der Waals surface area (Å²) in [5.74, 6) is -0.558. The first-order valence-corrected chi connectivity index (χ1v) is 10.8. The van der Waals surface area contributed by atoms with Crippen molar-refractivity contribution in [3.63, 3.8) is 0 Å². The number of hydrogen-bond acceptors (Lipinski definition) is 5. The van der Waals surface area contributed by atoms with Crippen LogP contribution in [0.5, 0.6) is 0 Å². The third-order valence-electron chi connectivity index (χ3n) is 4.92. The van der Waals surface area contributed by atoms with E-state index in [9.17, 15) is 13.2 Å². The van der Waals surface area contributed by atoms with Gasteiger partial charge in [0, 0.05) is 13.1 Å². The van der Waals surface area contributed by atoms with Crippen LogP contribution >= 0.6 is 0 Å². The Morgan fingerprint density at radius 1 is 0.966 bits per heavy atom. The van der Waals surface area contributed by atoms with Crippen LogP contribution in [-0.2, 0) is 26.1 Å². The molecule has 29 heavy (non-hydrogen) atoms. The van der Waals surface area contributed by atoms with Crippen molar-refractivity contribution in [2.24, 2.45) is 0 Å². The number of ether oxygens (including phenoxy) is 2. The highest BCUT2D eigenvalue weighted by Gasteiger charge is 2.27. The van der Waals surface area contributed by atoms with Gasteiger partial charge in [-0.3, -0.25) is 0 Å². The van der Waals surface area contributed by atoms with Gasteiger partial charge in [-0.1, -0.05) is 48.5 Å². The number of esters is 1. The largest absolute Gasteiger partial charge is 0.457 e. The minimum Gasteiger partial charge on any atom is -0.457 e. The van der Waals surface area contributed by atoms with Crippen LogP contribution in [0.2, 0.25) is 0 Å². The lowest BCUT2D eigenvalue weighted by molar-refractivity contribution is 0.0474. The van der Waals surface area contributed by atoms with Crippen molar-refractivity contribution in [1.29, 1.82) is 0 Å². The number of nitrogens with zero attached hydrogens (tertiary/aromatic N) is 1. The zero-order valence-corrected chi connectivity index (χ0v) is 16.6. The van der Waals surface area contributed by atoms with E-state index in [0.717, 1.165) is 16.3 Å². The molecule has 3 aromatic rings. The monoisotopic (exact) mass is 411 g/mol. The Balaban J connectivity index is 1.51. The second-order valence-electron chi connectivity index (χ2n) is 6.76. The molecule has 1 fully saturated rings. The van der Waals surface area contributed by atoms with Crippen LogP contribution in [0.1, 0.15) is 15.9 Å². The van der Waals surface area contributed by atoms with Crippen molar-refractivity contribution in [1.82, 2.24) is 4.31 Å². The fourth-order valence-electron chi connectivity index (χ4n) is 3.36. The van der Waals surface area contributed by atoms with Gasteiger partial charge in [0.15, 0.2) is 0 Å². The van der Waals surface area contributed by atoms with Gasteiger partial charge in [-0.2, -0.15) is 4.31 Å². The molecule has 0 aromatic heterocycles. The molecular weight excluding hydrogens is 390 g/mol. The molecule has 0 aliphatic carbocycles. The standard InChI is InChI=1S/C22H21NO5S/c24-22(28-16-19-8-3-6-17-5-1-2-10-21(17)19)18-7-4-9-20(15-18)29(25,26)23-11-13-27-14-12-23/h1-10,15H,11-14,16H2. The molecule has 0 unspecified atom stereocenters. The molecule has 3 aromatic carbocycles.